The second kappa shape index (κ2) is 4.60. The monoisotopic (exact) mass is 271 g/mol. The van der Waals surface area contributed by atoms with Crippen LogP contribution in [-0.4, -0.2) is 10.2 Å². The molecular formula is C19H15Si. The summed E-state index contributed by atoms with van der Waals surface area (Å²) in [7, 11) is 3.58. The molecule has 0 saturated carbocycles. The number of aryl methyl sites for hydroxylation is 1. The molecule has 0 amide bonds. The number of hydrogen-bond donors (Lipinski definition) is 0. The zero-order valence-electron chi connectivity index (χ0n) is 11.3. The van der Waals surface area contributed by atoms with Gasteiger partial charge in [-0.3, -0.25) is 0 Å². The molecule has 0 atom stereocenters. The van der Waals surface area contributed by atoms with E-state index in [9.17, 15) is 0 Å². The van der Waals surface area contributed by atoms with Crippen LogP contribution < -0.4 is 0 Å². The maximum absolute atomic E-state index is 3.58. The third kappa shape index (κ3) is 1.66. The summed E-state index contributed by atoms with van der Waals surface area (Å²) in [6.45, 7) is 0. The van der Waals surface area contributed by atoms with E-state index in [1.165, 1.54) is 44.3 Å². The number of benzene rings is 4. The minimum absolute atomic E-state index is 1.06. The third-order valence-electron chi connectivity index (χ3n) is 4.24. The third-order valence-corrected chi connectivity index (χ3v) is 4.60. The van der Waals surface area contributed by atoms with Gasteiger partial charge in [0.05, 0.1) is 0 Å². The average molecular weight is 271 g/mol. The average Bonchev–Trinajstić information content (AvgIpc) is 2.51. The van der Waals surface area contributed by atoms with E-state index in [4.69, 9.17) is 0 Å². The highest BCUT2D eigenvalue weighted by atomic mass is 28.1. The summed E-state index contributed by atoms with van der Waals surface area (Å²) < 4.78 is 0. The van der Waals surface area contributed by atoms with Crippen molar-refractivity contribution in [2.75, 3.05) is 0 Å². The van der Waals surface area contributed by atoms with Crippen molar-refractivity contribution in [2.45, 2.75) is 18.9 Å². The lowest BCUT2D eigenvalue weighted by atomic mass is 9.91. The Bertz CT molecular complexity index is 876. The van der Waals surface area contributed by atoms with Crippen LogP contribution in [-0.2, 0) is 6.42 Å². The second-order valence-corrected chi connectivity index (χ2v) is 5.93. The van der Waals surface area contributed by atoms with Gasteiger partial charge in [0.25, 0.3) is 0 Å². The maximum Gasteiger partial charge on any atom is 0.0222 e. The molecule has 4 rings (SSSR count). The molecule has 0 saturated heterocycles. The van der Waals surface area contributed by atoms with Gasteiger partial charge in [0.15, 0.2) is 0 Å². The van der Waals surface area contributed by atoms with E-state index in [-0.39, 0.29) is 0 Å². The molecule has 95 valence electrons. The van der Waals surface area contributed by atoms with Gasteiger partial charge in [-0.05, 0) is 44.3 Å². The SMILES string of the molecule is [Si]CCCc1ccc2ccc3cccc4ccc1c2c34. The van der Waals surface area contributed by atoms with Crippen LogP contribution in [0.3, 0.4) is 0 Å². The van der Waals surface area contributed by atoms with Crippen molar-refractivity contribution in [3.05, 3.63) is 60.2 Å². The van der Waals surface area contributed by atoms with Crippen molar-refractivity contribution in [2.24, 2.45) is 0 Å². The summed E-state index contributed by atoms with van der Waals surface area (Å²) >= 11 is 0. The van der Waals surface area contributed by atoms with Crippen molar-refractivity contribution < 1.29 is 0 Å². The van der Waals surface area contributed by atoms with Gasteiger partial charge in [-0.1, -0.05) is 67.1 Å². The van der Waals surface area contributed by atoms with Crippen LogP contribution in [0.4, 0.5) is 0 Å². The zero-order chi connectivity index (χ0) is 13.5. The Morgan fingerprint density at radius 2 is 1.35 bits per heavy atom. The Balaban J connectivity index is 2.14. The molecule has 20 heavy (non-hydrogen) atoms. The predicted molar refractivity (Wildman–Crippen MR) is 89.0 cm³/mol. The van der Waals surface area contributed by atoms with Gasteiger partial charge < -0.3 is 0 Å². The topological polar surface area (TPSA) is 0 Å². The summed E-state index contributed by atoms with van der Waals surface area (Å²) in [4.78, 5) is 0. The van der Waals surface area contributed by atoms with Crippen molar-refractivity contribution in [1.82, 2.24) is 0 Å². The fourth-order valence-electron chi connectivity index (χ4n) is 3.29. The maximum atomic E-state index is 3.58. The standard InChI is InChI=1S/C19H15Si/c20-12-2-5-13-6-7-16-9-8-14-3-1-4-15-10-11-17(13)19(16)18(14)15/h1,3-4,6-11H,2,5,12H2. The number of hydrogen-bond acceptors (Lipinski definition) is 0. The quantitative estimate of drug-likeness (QED) is 0.359. The zero-order valence-corrected chi connectivity index (χ0v) is 12.3. The van der Waals surface area contributed by atoms with Crippen molar-refractivity contribution >= 4 is 42.6 Å². The van der Waals surface area contributed by atoms with Gasteiger partial charge in [-0.2, -0.15) is 0 Å². The lowest BCUT2D eigenvalue weighted by Crippen LogP contribution is -1.90. The first-order valence-corrected chi connectivity index (χ1v) is 7.89. The van der Waals surface area contributed by atoms with Gasteiger partial charge in [0.1, 0.15) is 0 Å². The molecule has 4 aromatic rings. The van der Waals surface area contributed by atoms with Crippen molar-refractivity contribution in [3.63, 3.8) is 0 Å². The first kappa shape index (κ1) is 11.9. The Kier molecular flexibility index (Phi) is 2.74. The molecule has 3 radical (unpaired) electrons. The smallest absolute Gasteiger partial charge is 0.0222 e. The van der Waals surface area contributed by atoms with E-state index in [2.05, 4.69) is 64.8 Å². The summed E-state index contributed by atoms with van der Waals surface area (Å²) in [6.07, 6.45) is 2.32. The Labute approximate surface area is 122 Å². The van der Waals surface area contributed by atoms with E-state index < -0.39 is 0 Å². The molecule has 4 aromatic carbocycles. The normalized spacial score (nSPS) is 11.8. The summed E-state index contributed by atoms with van der Waals surface area (Å²) in [5.74, 6) is 0. The summed E-state index contributed by atoms with van der Waals surface area (Å²) in [5, 5.41) is 8.32. The van der Waals surface area contributed by atoms with Crippen LogP contribution in [0, 0.1) is 0 Å². The van der Waals surface area contributed by atoms with Crippen LogP contribution in [0.25, 0.3) is 32.3 Å². The van der Waals surface area contributed by atoms with Crippen molar-refractivity contribution in [1.29, 1.82) is 0 Å². The van der Waals surface area contributed by atoms with Crippen LogP contribution in [0.1, 0.15) is 12.0 Å². The molecule has 0 bridgehead atoms. The van der Waals surface area contributed by atoms with E-state index >= 15 is 0 Å². The highest BCUT2D eigenvalue weighted by Crippen LogP contribution is 2.36. The number of rotatable bonds is 3. The first-order chi connectivity index (χ1) is 9.88. The fraction of sp³-hybridized carbons (Fsp3) is 0.158. The van der Waals surface area contributed by atoms with E-state index in [1.807, 2.05) is 0 Å². The summed E-state index contributed by atoms with van der Waals surface area (Å²) in [6, 6.07) is 21.3. The van der Waals surface area contributed by atoms with Gasteiger partial charge in [-0.15, -0.1) is 0 Å². The minimum atomic E-state index is 1.06. The Hall–Kier alpha value is -1.86. The largest absolute Gasteiger partial charge is 0.0635 e. The van der Waals surface area contributed by atoms with Crippen LogP contribution >= 0.6 is 0 Å². The van der Waals surface area contributed by atoms with Gasteiger partial charge in [-0.25, -0.2) is 0 Å². The Morgan fingerprint density at radius 1 is 0.700 bits per heavy atom. The molecule has 0 aliphatic carbocycles. The first-order valence-electron chi connectivity index (χ1n) is 7.18. The Morgan fingerprint density at radius 3 is 2.10 bits per heavy atom. The molecule has 0 N–H and O–H groups in total. The molecule has 0 fully saturated rings. The van der Waals surface area contributed by atoms with Gasteiger partial charge in [0, 0.05) is 10.2 Å². The van der Waals surface area contributed by atoms with Crippen molar-refractivity contribution in [3.8, 4) is 0 Å². The molecule has 0 aliphatic heterocycles. The highest BCUT2D eigenvalue weighted by Gasteiger charge is 2.09. The fourth-order valence-corrected chi connectivity index (χ4v) is 3.47. The van der Waals surface area contributed by atoms with Crippen LogP contribution in [0.15, 0.2) is 54.6 Å². The van der Waals surface area contributed by atoms with Crippen LogP contribution in [0.5, 0.6) is 0 Å². The van der Waals surface area contributed by atoms with Gasteiger partial charge in [0.2, 0.25) is 0 Å². The summed E-state index contributed by atoms with van der Waals surface area (Å²) in [5.41, 5.74) is 1.47. The molecular weight excluding hydrogens is 256 g/mol. The van der Waals surface area contributed by atoms with E-state index in [1.54, 1.807) is 0 Å². The lowest BCUT2D eigenvalue weighted by Gasteiger charge is -2.13. The molecule has 0 unspecified atom stereocenters. The molecule has 0 spiro atoms. The molecule has 0 heterocycles. The highest BCUT2D eigenvalue weighted by molar-refractivity contribution is 6.23. The molecule has 0 nitrogen and oxygen atoms in total. The molecule has 0 aliphatic rings. The van der Waals surface area contributed by atoms with E-state index in [0.717, 1.165) is 12.5 Å². The van der Waals surface area contributed by atoms with E-state index in [0.29, 0.717) is 0 Å². The van der Waals surface area contributed by atoms with Gasteiger partial charge >= 0.3 is 0 Å². The molecule has 1 heteroatoms. The lowest BCUT2D eigenvalue weighted by molar-refractivity contribution is 0.927. The van der Waals surface area contributed by atoms with Crippen LogP contribution in [0.2, 0.25) is 6.04 Å². The second-order valence-electron chi connectivity index (χ2n) is 5.43. The minimum Gasteiger partial charge on any atom is -0.0635 e. The molecule has 0 aromatic heterocycles. The predicted octanol–water partition coefficient (Wildman–Crippen LogP) is 5.10.